The summed E-state index contributed by atoms with van der Waals surface area (Å²) in [6.45, 7) is 3.95. The Labute approximate surface area is 165 Å². The summed E-state index contributed by atoms with van der Waals surface area (Å²) in [7, 11) is -3.85. The predicted octanol–water partition coefficient (Wildman–Crippen LogP) is 4.17. The molecule has 0 bridgehead atoms. The molecule has 2 aromatic carbocycles. The van der Waals surface area contributed by atoms with Crippen molar-refractivity contribution in [3.63, 3.8) is 0 Å². The van der Waals surface area contributed by atoms with Crippen LogP contribution < -0.4 is 0 Å². The number of aromatic nitrogens is 1. The highest BCUT2D eigenvalue weighted by Crippen LogP contribution is 2.41. The van der Waals surface area contributed by atoms with E-state index in [0.29, 0.717) is 17.6 Å². The first-order valence-corrected chi connectivity index (χ1v) is 11.0. The van der Waals surface area contributed by atoms with Gasteiger partial charge < -0.3 is 4.74 Å². The molecule has 0 saturated heterocycles. The first-order valence-electron chi connectivity index (χ1n) is 9.56. The molecule has 1 atom stereocenters. The summed E-state index contributed by atoms with van der Waals surface area (Å²) in [5.74, 6) is -0.928. The van der Waals surface area contributed by atoms with Crippen molar-refractivity contribution in [3.8, 4) is 0 Å². The van der Waals surface area contributed by atoms with Crippen molar-refractivity contribution in [2.24, 2.45) is 0 Å². The van der Waals surface area contributed by atoms with Crippen LogP contribution in [-0.4, -0.2) is 25.0 Å². The SMILES string of the molecule is CCOC(=O)C1CCCc2c1n(S(=O)(=O)c1ccc(C)cc1)c1ccccc21. The summed E-state index contributed by atoms with van der Waals surface area (Å²) >= 11 is 0. The van der Waals surface area contributed by atoms with Crippen molar-refractivity contribution < 1.29 is 17.9 Å². The molecule has 28 heavy (non-hydrogen) atoms. The van der Waals surface area contributed by atoms with Gasteiger partial charge in [-0.15, -0.1) is 0 Å². The summed E-state index contributed by atoms with van der Waals surface area (Å²) in [4.78, 5) is 12.9. The van der Waals surface area contributed by atoms with Crippen molar-refractivity contribution >= 4 is 26.9 Å². The second kappa shape index (κ2) is 7.09. The monoisotopic (exact) mass is 397 g/mol. The molecule has 1 aromatic heterocycles. The van der Waals surface area contributed by atoms with Crippen LogP contribution in [-0.2, 0) is 26.0 Å². The molecule has 1 aliphatic rings. The summed E-state index contributed by atoms with van der Waals surface area (Å²) in [6.07, 6.45) is 2.17. The van der Waals surface area contributed by atoms with E-state index >= 15 is 0 Å². The maximum Gasteiger partial charge on any atom is 0.314 e. The average Bonchev–Trinajstić information content (AvgIpc) is 3.04. The summed E-state index contributed by atoms with van der Waals surface area (Å²) < 4.78 is 33.9. The number of fused-ring (bicyclic) bond motifs is 3. The molecule has 1 heterocycles. The van der Waals surface area contributed by atoms with Crippen LogP contribution in [0.4, 0.5) is 0 Å². The van der Waals surface area contributed by atoms with Crippen molar-refractivity contribution in [2.75, 3.05) is 6.61 Å². The first kappa shape index (κ1) is 18.7. The van der Waals surface area contributed by atoms with E-state index in [1.807, 2.05) is 31.2 Å². The molecule has 1 aliphatic carbocycles. The molecule has 5 nitrogen and oxygen atoms in total. The fourth-order valence-corrected chi connectivity index (χ4v) is 5.68. The van der Waals surface area contributed by atoms with Gasteiger partial charge in [-0.05, 0) is 56.9 Å². The number of para-hydroxylation sites is 1. The van der Waals surface area contributed by atoms with Crippen LogP contribution in [0.15, 0.2) is 53.4 Å². The van der Waals surface area contributed by atoms with Gasteiger partial charge in [-0.25, -0.2) is 12.4 Å². The number of ether oxygens (including phenoxy) is 1. The molecule has 0 N–H and O–H groups in total. The van der Waals surface area contributed by atoms with E-state index in [-0.39, 0.29) is 17.5 Å². The van der Waals surface area contributed by atoms with E-state index < -0.39 is 15.9 Å². The molecule has 0 aliphatic heterocycles. The van der Waals surface area contributed by atoms with Gasteiger partial charge in [0.15, 0.2) is 0 Å². The number of benzene rings is 2. The van der Waals surface area contributed by atoms with Gasteiger partial charge in [0.25, 0.3) is 10.0 Å². The quantitative estimate of drug-likeness (QED) is 0.620. The molecule has 4 rings (SSSR count). The average molecular weight is 397 g/mol. The minimum Gasteiger partial charge on any atom is -0.465 e. The van der Waals surface area contributed by atoms with Crippen molar-refractivity contribution in [1.82, 2.24) is 3.97 Å². The van der Waals surface area contributed by atoms with Gasteiger partial charge in [-0.3, -0.25) is 4.79 Å². The highest BCUT2D eigenvalue weighted by Gasteiger charge is 2.37. The molecule has 0 fully saturated rings. The molecule has 146 valence electrons. The predicted molar refractivity (Wildman–Crippen MR) is 108 cm³/mol. The number of rotatable bonds is 4. The van der Waals surface area contributed by atoms with E-state index in [9.17, 15) is 13.2 Å². The summed E-state index contributed by atoms with van der Waals surface area (Å²) in [5, 5.41) is 0.891. The van der Waals surface area contributed by atoms with Crippen LogP contribution in [0.1, 0.15) is 42.5 Å². The number of esters is 1. The zero-order valence-corrected chi connectivity index (χ0v) is 16.8. The molecule has 0 spiro atoms. The second-order valence-corrected chi connectivity index (χ2v) is 8.95. The lowest BCUT2D eigenvalue weighted by molar-refractivity contribution is -0.145. The zero-order valence-electron chi connectivity index (χ0n) is 16.0. The molecule has 6 heteroatoms. The fourth-order valence-electron chi connectivity index (χ4n) is 4.08. The number of hydrogen-bond donors (Lipinski definition) is 0. The summed E-state index contributed by atoms with van der Waals surface area (Å²) in [5.41, 5.74) is 3.11. The van der Waals surface area contributed by atoms with Gasteiger partial charge >= 0.3 is 5.97 Å². The van der Waals surface area contributed by atoms with Gasteiger partial charge in [0.2, 0.25) is 0 Å². The van der Waals surface area contributed by atoms with Crippen LogP contribution in [0.3, 0.4) is 0 Å². The third-order valence-corrected chi connectivity index (χ3v) is 7.10. The zero-order chi connectivity index (χ0) is 19.9. The second-order valence-electron chi connectivity index (χ2n) is 7.16. The molecular formula is C22H23NO4S. The molecule has 3 aromatic rings. The number of aryl methyl sites for hydroxylation is 2. The Kier molecular flexibility index (Phi) is 4.75. The van der Waals surface area contributed by atoms with Crippen LogP contribution >= 0.6 is 0 Å². The van der Waals surface area contributed by atoms with Crippen LogP contribution in [0.5, 0.6) is 0 Å². The Morgan fingerprint density at radius 3 is 2.57 bits per heavy atom. The lowest BCUT2D eigenvalue weighted by atomic mass is 9.87. The molecule has 1 unspecified atom stereocenters. The Morgan fingerprint density at radius 2 is 1.86 bits per heavy atom. The van der Waals surface area contributed by atoms with E-state index in [0.717, 1.165) is 29.4 Å². The van der Waals surface area contributed by atoms with Gasteiger partial charge in [0.1, 0.15) is 0 Å². The van der Waals surface area contributed by atoms with Crippen molar-refractivity contribution in [1.29, 1.82) is 0 Å². The molecular weight excluding hydrogens is 374 g/mol. The standard InChI is InChI=1S/C22H23NO4S/c1-3-27-22(24)19-9-6-8-18-17-7-4-5-10-20(17)23(21(18)19)28(25,26)16-13-11-15(2)12-14-16/h4-5,7,10-14,19H,3,6,8-9H2,1-2H3. The molecule has 0 radical (unpaired) electrons. The lowest BCUT2D eigenvalue weighted by Crippen LogP contribution is -2.26. The third-order valence-electron chi connectivity index (χ3n) is 5.36. The van der Waals surface area contributed by atoms with Gasteiger partial charge in [-0.2, -0.15) is 0 Å². The third kappa shape index (κ3) is 2.92. The highest BCUT2D eigenvalue weighted by atomic mass is 32.2. The van der Waals surface area contributed by atoms with Crippen molar-refractivity contribution in [2.45, 2.75) is 43.9 Å². The maximum absolute atomic E-state index is 13.6. The van der Waals surface area contributed by atoms with Gasteiger partial charge in [0.05, 0.1) is 28.6 Å². The number of hydrogen-bond acceptors (Lipinski definition) is 4. The number of carbonyl (C=O) groups excluding carboxylic acids is 1. The van der Waals surface area contributed by atoms with E-state index in [1.54, 1.807) is 31.2 Å². The van der Waals surface area contributed by atoms with E-state index in [4.69, 9.17) is 4.74 Å². The fraction of sp³-hybridized carbons (Fsp3) is 0.318. The maximum atomic E-state index is 13.6. The van der Waals surface area contributed by atoms with Crippen LogP contribution in [0.2, 0.25) is 0 Å². The highest BCUT2D eigenvalue weighted by molar-refractivity contribution is 7.90. The van der Waals surface area contributed by atoms with Gasteiger partial charge in [0, 0.05) is 5.39 Å². The molecule has 0 saturated carbocycles. The molecule has 0 amide bonds. The van der Waals surface area contributed by atoms with E-state index in [1.165, 1.54) is 3.97 Å². The van der Waals surface area contributed by atoms with Crippen molar-refractivity contribution in [3.05, 3.63) is 65.4 Å². The Morgan fingerprint density at radius 1 is 1.14 bits per heavy atom. The largest absolute Gasteiger partial charge is 0.465 e. The number of nitrogens with zero attached hydrogens (tertiary/aromatic N) is 1. The minimum atomic E-state index is -3.85. The normalized spacial score (nSPS) is 16.7. The topological polar surface area (TPSA) is 65.4 Å². The van der Waals surface area contributed by atoms with Crippen LogP contribution in [0, 0.1) is 6.92 Å². The Hall–Kier alpha value is -2.60. The Balaban J connectivity index is 2.02. The summed E-state index contributed by atoms with van der Waals surface area (Å²) in [6, 6.07) is 14.3. The first-order chi connectivity index (χ1) is 13.4. The van der Waals surface area contributed by atoms with Gasteiger partial charge in [-0.1, -0.05) is 35.9 Å². The lowest BCUT2D eigenvalue weighted by Gasteiger charge is -2.24. The Bertz CT molecular complexity index is 1140. The van der Waals surface area contributed by atoms with Crippen LogP contribution in [0.25, 0.3) is 10.9 Å². The smallest absolute Gasteiger partial charge is 0.314 e. The minimum absolute atomic E-state index is 0.217. The van der Waals surface area contributed by atoms with E-state index in [2.05, 4.69) is 0 Å². The number of carbonyl (C=O) groups is 1.